The normalized spacial score (nSPS) is 43.6. The van der Waals surface area contributed by atoms with Crippen LogP contribution >= 0.6 is 0 Å². The zero-order chi connectivity index (χ0) is 89.1. The van der Waals surface area contributed by atoms with Gasteiger partial charge in [-0.1, -0.05) is 121 Å². The first-order chi connectivity index (χ1) is 58.9. The lowest BCUT2D eigenvalue weighted by atomic mass is 9.43. The first-order valence-corrected chi connectivity index (χ1v) is 51.2. The number of hydrogen-bond acceptors (Lipinski definition) is 15. The van der Waals surface area contributed by atoms with E-state index in [1.54, 1.807) is 0 Å². The van der Waals surface area contributed by atoms with E-state index in [2.05, 4.69) is 78.3 Å². The van der Waals surface area contributed by atoms with Gasteiger partial charge in [-0.2, -0.15) is 0 Å². The maximum Gasteiger partial charge on any atom is 0.303 e. The minimum absolute atomic E-state index is 0.00242. The molecule has 0 saturated heterocycles. The van der Waals surface area contributed by atoms with E-state index in [4.69, 9.17) is 19.2 Å². The third-order valence-electron chi connectivity index (χ3n) is 39.7. The standard InChI is InChI=1S/C103H172N4O17/c1-64(26-35-88(113)114)76-25-24-41-100(76,9)85(110)57-69-52-71(108)51-68-54-73(38-42-97(68,69)6)123-49-22-15-12-18-45-104-92(119)95(4)61-96(5,93(120)105-46-19-13-16-23-50-124-74-40-44-99(8)70(55-74)56-83(109)91-80-34-32-78(66(3)28-37-90(117)118)102(80,11)87(112)59-82(91)99)63-103(62-95,84-60-107-84)94(121)106-47-20-14-17-21-48-122-72-39-43-98(7)67(53-72)29-30-75-79-33-31-77(65(2)27-36-89(115)116)101(79,10)86(111)58-81(75)98/h60,64-87,91,108-112H,12-59,61-63H2,1-11H3,(H,104,119)(H,105,120)(H,106,121)(H,113,114)(H,115,116)(H,117,118). The van der Waals surface area contributed by atoms with Crippen LogP contribution in [0.3, 0.4) is 0 Å². The molecule has 0 radical (unpaired) electrons. The molecule has 13 aliphatic rings. The number of carboxylic acid groups (broad SMARTS) is 3. The number of carbonyl (C=O) groups excluding carboxylic acids is 3. The zero-order valence-electron chi connectivity index (χ0n) is 78.8. The predicted molar refractivity (Wildman–Crippen MR) is 481 cm³/mol. The van der Waals surface area contributed by atoms with Gasteiger partial charge in [-0.25, -0.2) is 0 Å². The summed E-state index contributed by atoms with van der Waals surface area (Å²) in [5, 5.41) is 98.1. The van der Waals surface area contributed by atoms with Gasteiger partial charge in [0.25, 0.3) is 0 Å². The molecule has 1 heterocycles. The summed E-state index contributed by atoms with van der Waals surface area (Å²) in [5.41, 5.74) is -3.72. The van der Waals surface area contributed by atoms with Crippen LogP contribution in [0.15, 0.2) is 4.99 Å². The number of amides is 3. The Morgan fingerprint density at radius 1 is 0.435 bits per heavy atom. The third kappa shape index (κ3) is 20.5. The molecule has 21 nitrogen and oxygen atoms in total. The Bertz CT molecular complexity index is 3620. The lowest BCUT2D eigenvalue weighted by molar-refractivity contribution is -0.209. The molecule has 706 valence electrons. The number of ether oxygens (including phenoxy) is 3. The quantitative estimate of drug-likeness (QED) is 0.0253. The van der Waals surface area contributed by atoms with E-state index in [9.17, 15) is 64.8 Å². The lowest BCUT2D eigenvalue weighted by Crippen LogP contribution is -2.62. The summed E-state index contributed by atoms with van der Waals surface area (Å²) in [6.45, 7) is 28.1. The number of nitrogens with one attached hydrogen (secondary N) is 3. The number of fused-ring (bicyclic) bond motifs is 11. The Balaban J connectivity index is 0.557. The fourth-order valence-electron chi connectivity index (χ4n) is 32.4. The number of aliphatic carboxylic acids is 3. The van der Waals surface area contributed by atoms with E-state index in [1.165, 1.54) is 12.8 Å². The van der Waals surface area contributed by atoms with E-state index in [0.717, 1.165) is 199 Å². The number of aliphatic hydroxyl groups excluding tert-OH is 5. The summed E-state index contributed by atoms with van der Waals surface area (Å²) in [6, 6.07) is -0.411. The summed E-state index contributed by atoms with van der Waals surface area (Å²) in [7, 11) is 0. The molecule has 34 atom stereocenters. The van der Waals surface area contributed by atoms with Crippen LogP contribution in [0.4, 0.5) is 0 Å². The average Bonchev–Trinajstić information content (AvgIpc) is 1.52. The summed E-state index contributed by atoms with van der Waals surface area (Å²) in [6.07, 6.45) is 37.1. The Labute approximate surface area is 745 Å². The van der Waals surface area contributed by atoms with Crippen molar-refractivity contribution in [2.75, 3.05) is 39.5 Å². The topological polar surface area (TPSA) is 340 Å². The van der Waals surface area contributed by atoms with Crippen LogP contribution in [0.5, 0.6) is 0 Å². The molecule has 0 aromatic heterocycles. The first-order valence-electron chi connectivity index (χ1n) is 51.2. The minimum Gasteiger partial charge on any atom is -0.481 e. The lowest BCUT2D eigenvalue weighted by Gasteiger charge is -2.63. The molecule has 124 heavy (non-hydrogen) atoms. The van der Waals surface area contributed by atoms with Gasteiger partial charge in [0.05, 0.1) is 60.3 Å². The number of hydrogen-bond donors (Lipinski definition) is 11. The average molecular weight is 1740 g/mol. The predicted octanol–water partition coefficient (Wildman–Crippen LogP) is 17.7. The largest absolute Gasteiger partial charge is 0.481 e. The molecule has 11 N–H and O–H groups in total. The van der Waals surface area contributed by atoms with Crippen LogP contribution < -0.4 is 16.0 Å². The molecule has 12 aliphatic carbocycles. The monoisotopic (exact) mass is 1740 g/mol. The van der Waals surface area contributed by atoms with Gasteiger partial charge in [0.2, 0.25) is 17.7 Å². The van der Waals surface area contributed by atoms with E-state index in [1.807, 2.05) is 20.1 Å². The number of aliphatic imine (C=N–C) groups is 1. The highest BCUT2D eigenvalue weighted by Crippen LogP contribution is 2.72. The summed E-state index contributed by atoms with van der Waals surface area (Å²) in [5.74, 6) is 2.52. The minimum atomic E-state index is -1.09. The Morgan fingerprint density at radius 3 is 1.37 bits per heavy atom. The SMILES string of the molecule is CC(CCC(=O)O)C1CCCC1(C)C(O)CC1CC(O)CC2CC(OCCCCCCNC(=O)C3(C)CC(C)(C(=O)NCCCCCCOC4CCC5(C)C(C4)CC(O)C4C5CC(O)C5(C)C(C(C)CCC(=O)O)CCC45)CC(C(=O)NCCCCCCOC4CCC5(C)C(CCC6C5CC(O)C5(C)C(C(C)CCC(=O)O)CCC65)C4)(C4C=N4)C3)CCC21C. The van der Waals surface area contributed by atoms with Crippen LogP contribution in [0, 0.1) is 143 Å². The van der Waals surface area contributed by atoms with Gasteiger partial charge < -0.3 is 71.0 Å². The van der Waals surface area contributed by atoms with Crippen LogP contribution in [0.2, 0.25) is 0 Å². The van der Waals surface area contributed by atoms with Crippen molar-refractivity contribution in [3.05, 3.63) is 0 Å². The number of rotatable bonds is 43. The van der Waals surface area contributed by atoms with Gasteiger partial charge in [0, 0.05) is 75.8 Å². The molecule has 21 heteroatoms. The van der Waals surface area contributed by atoms with Gasteiger partial charge in [-0.15, -0.1) is 0 Å². The second kappa shape index (κ2) is 40.7. The smallest absolute Gasteiger partial charge is 0.303 e. The molecule has 13 rings (SSSR count). The van der Waals surface area contributed by atoms with Gasteiger partial charge in [-0.3, -0.25) is 33.8 Å². The molecule has 0 aromatic carbocycles. The highest BCUT2D eigenvalue weighted by Gasteiger charge is 2.69. The number of unbranched alkanes of at least 4 members (excludes halogenated alkanes) is 9. The van der Waals surface area contributed by atoms with Crippen molar-refractivity contribution in [3.63, 3.8) is 0 Å². The molecule has 0 bridgehead atoms. The molecule has 12 fully saturated rings. The van der Waals surface area contributed by atoms with Crippen molar-refractivity contribution in [3.8, 4) is 0 Å². The summed E-state index contributed by atoms with van der Waals surface area (Å²) < 4.78 is 20.0. The fraction of sp³-hybridized carbons (Fsp3) is 0.932. The van der Waals surface area contributed by atoms with Crippen molar-refractivity contribution in [2.45, 2.75) is 420 Å². The number of carboxylic acids is 3. The maximum atomic E-state index is 15.2. The third-order valence-corrected chi connectivity index (χ3v) is 39.7. The Kier molecular flexibility index (Phi) is 32.1. The van der Waals surface area contributed by atoms with Crippen molar-refractivity contribution in [1.82, 2.24) is 16.0 Å². The highest BCUT2D eigenvalue weighted by atomic mass is 16.5. The summed E-state index contributed by atoms with van der Waals surface area (Å²) in [4.78, 5) is 84.4. The first kappa shape index (κ1) is 97.7. The van der Waals surface area contributed by atoms with Gasteiger partial charge >= 0.3 is 17.9 Å². The van der Waals surface area contributed by atoms with Gasteiger partial charge in [0.15, 0.2) is 0 Å². The van der Waals surface area contributed by atoms with Crippen molar-refractivity contribution < 1.29 is 83.8 Å². The van der Waals surface area contributed by atoms with Crippen molar-refractivity contribution in [2.24, 2.45) is 148 Å². The molecule has 12 saturated carbocycles. The fourth-order valence-corrected chi connectivity index (χ4v) is 32.4. The van der Waals surface area contributed by atoms with Crippen LogP contribution in [0.25, 0.3) is 0 Å². The summed E-state index contributed by atoms with van der Waals surface area (Å²) >= 11 is 0. The second-order valence-corrected chi connectivity index (χ2v) is 46.9. The Morgan fingerprint density at radius 2 is 0.871 bits per heavy atom. The van der Waals surface area contributed by atoms with Crippen molar-refractivity contribution >= 4 is 41.8 Å². The number of nitrogens with zero attached hydrogens (tertiary/aromatic N) is 1. The molecule has 3 amide bonds. The number of carbonyl (C=O) groups is 6. The van der Waals surface area contributed by atoms with E-state index < -0.39 is 64.6 Å². The second-order valence-electron chi connectivity index (χ2n) is 46.9. The Hall–Kier alpha value is -3.83. The van der Waals surface area contributed by atoms with Crippen LogP contribution in [-0.4, -0.2) is 177 Å². The molecule has 34 unspecified atom stereocenters. The molecular weight excluding hydrogens is 1570 g/mol. The molecule has 0 aromatic rings. The van der Waals surface area contributed by atoms with E-state index in [-0.39, 0.29) is 160 Å². The maximum absolute atomic E-state index is 15.2. The van der Waals surface area contributed by atoms with Gasteiger partial charge in [0.1, 0.15) is 0 Å². The van der Waals surface area contributed by atoms with E-state index in [0.29, 0.717) is 126 Å². The van der Waals surface area contributed by atoms with Crippen molar-refractivity contribution in [1.29, 1.82) is 0 Å². The molecule has 0 spiro atoms. The van der Waals surface area contributed by atoms with Crippen LogP contribution in [0.1, 0.15) is 365 Å². The highest BCUT2D eigenvalue weighted by molar-refractivity contribution is 5.96. The van der Waals surface area contributed by atoms with E-state index >= 15 is 4.79 Å². The molecule has 1 aliphatic heterocycles. The molecular formula is C103H172N4O17. The number of aliphatic hydroxyl groups is 5. The van der Waals surface area contributed by atoms with Crippen LogP contribution in [-0.2, 0) is 43.0 Å². The van der Waals surface area contributed by atoms with Gasteiger partial charge in [-0.05, 0) is 352 Å². The zero-order valence-corrected chi connectivity index (χ0v) is 78.8.